The van der Waals surface area contributed by atoms with Crippen molar-refractivity contribution in [2.75, 3.05) is 13.7 Å². The number of nitrogens with zero attached hydrogens (tertiary/aromatic N) is 4. The summed E-state index contributed by atoms with van der Waals surface area (Å²) in [6.07, 6.45) is 3.86. The van der Waals surface area contributed by atoms with Crippen LogP contribution in [0.25, 0.3) is 0 Å². The molecule has 3 atom stereocenters. The number of rotatable bonds is 7. The van der Waals surface area contributed by atoms with Crippen LogP contribution in [0.5, 0.6) is 0 Å². The molecule has 0 spiro atoms. The maximum absolute atomic E-state index is 12.5. The molecule has 9 heteroatoms. The van der Waals surface area contributed by atoms with Crippen molar-refractivity contribution in [1.82, 2.24) is 18.6 Å². The topological polar surface area (TPSA) is 100 Å². The van der Waals surface area contributed by atoms with E-state index in [9.17, 15) is 8.42 Å². The van der Waals surface area contributed by atoms with E-state index in [2.05, 4.69) is 9.71 Å². The van der Waals surface area contributed by atoms with Gasteiger partial charge in [0.1, 0.15) is 11.9 Å². The molecule has 1 aliphatic rings. The van der Waals surface area contributed by atoms with Gasteiger partial charge >= 0.3 is 0 Å². The Kier molecular flexibility index (Phi) is 5.75. The third kappa shape index (κ3) is 3.90. The number of aromatic nitrogens is 2. The molecular formula is C14H23N5O3S. The average molecular weight is 341 g/mol. The van der Waals surface area contributed by atoms with Crippen molar-refractivity contribution in [3.63, 3.8) is 0 Å². The number of ether oxygens (including phenoxy) is 1. The summed E-state index contributed by atoms with van der Waals surface area (Å²) in [6, 6.07) is 1.22. The van der Waals surface area contributed by atoms with Crippen LogP contribution in [0.1, 0.15) is 38.6 Å². The highest BCUT2D eigenvalue weighted by molar-refractivity contribution is 7.87. The Morgan fingerprint density at radius 3 is 3.04 bits per heavy atom. The largest absolute Gasteiger partial charge is 0.369 e. The second-order valence-corrected chi connectivity index (χ2v) is 7.37. The van der Waals surface area contributed by atoms with E-state index in [1.807, 2.05) is 23.8 Å². The lowest BCUT2D eigenvalue weighted by atomic mass is 10.1. The van der Waals surface area contributed by atoms with Crippen molar-refractivity contribution in [3.8, 4) is 6.07 Å². The maximum atomic E-state index is 12.5. The van der Waals surface area contributed by atoms with E-state index >= 15 is 0 Å². The van der Waals surface area contributed by atoms with Crippen LogP contribution >= 0.6 is 0 Å². The van der Waals surface area contributed by atoms with Crippen molar-refractivity contribution in [1.29, 1.82) is 5.26 Å². The Morgan fingerprint density at radius 2 is 2.39 bits per heavy atom. The molecule has 0 bridgehead atoms. The van der Waals surface area contributed by atoms with Gasteiger partial charge in [0, 0.05) is 38.6 Å². The highest BCUT2D eigenvalue weighted by Crippen LogP contribution is 2.29. The first-order valence-corrected chi connectivity index (χ1v) is 9.09. The van der Waals surface area contributed by atoms with Gasteiger partial charge in [0.15, 0.2) is 0 Å². The van der Waals surface area contributed by atoms with Crippen LogP contribution in [0.15, 0.2) is 12.4 Å². The first-order valence-electron chi connectivity index (χ1n) is 7.65. The molecule has 128 valence electrons. The van der Waals surface area contributed by atoms with Gasteiger partial charge in [0.25, 0.3) is 10.2 Å². The van der Waals surface area contributed by atoms with Crippen molar-refractivity contribution >= 4 is 10.2 Å². The first kappa shape index (κ1) is 17.9. The predicted molar refractivity (Wildman–Crippen MR) is 84.5 cm³/mol. The van der Waals surface area contributed by atoms with Crippen LogP contribution in [0.4, 0.5) is 0 Å². The van der Waals surface area contributed by atoms with Gasteiger partial charge < -0.3 is 9.30 Å². The van der Waals surface area contributed by atoms with Gasteiger partial charge in [0.05, 0.1) is 18.5 Å². The monoisotopic (exact) mass is 341 g/mol. The van der Waals surface area contributed by atoms with E-state index in [0.717, 1.165) is 12.4 Å². The molecular weight excluding hydrogens is 318 g/mol. The predicted octanol–water partition coefficient (Wildman–Crippen LogP) is 0.801. The van der Waals surface area contributed by atoms with E-state index in [-0.39, 0.29) is 12.5 Å². The van der Waals surface area contributed by atoms with Crippen molar-refractivity contribution in [2.45, 2.75) is 51.4 Å². The quantitative estimate of drug-likeness (QED) is 0.791. The second kappa shape index (κ2) is 7.40. The highest BCUT2D eigenvalue weighted by Gasteiger charge is 2.37. The van der Waals surface area contributed by atoms with E-state index in [1.165, 1.54) is 11.4 Å². The van der Waals surface area contributed by atoms with Crippen LogP contribution in [-0.2, 0) is 21.5 Å². The zero-order valence-corrected chi connectivity index (χ0v) is 14.5. The normalized spacial score (nSPS) is 23.1. The van der Waals surface area contributed by atoms with Crippen LogP contribution < -0.4 is 4.72 Å². The molecule has 0 aliphatic carbocycles. The molecule has 2 heterocycles. The van der Waals surface area contributed by atoms with Gasteiger partial charge in [-0.2, -0.15) is 22.7 Å². The number of imidazole rings is 1. The van der Waals surface area contributed by atoms with E-state index < -0.39 is 22.4 Å². The zero-order chi connectivity index (χ0) is 17.0. The Labute approximate surface area is 137 Å². The number of hydrogen-bond donors (Lipinski definition) is 1. The van der Waals surface area contributed by atoms with E-state index in [4.69, 9.17) is 10.00 Å². The Morgan fingerprint density at radius 1 is 1.65 bits per heavy atom. The molecule has 1 N–H and O–H groups in total. The molecule has 2 rings (SSSR count). The highest BCUT2D eigenvalue weighted by atomic mass is 32.2. The van der Waals surface area contributed by atoms with Crippen LogP contribution in [0.2, 0.25) is 0 Å². The summed E-state index contributed by atoms with van der Waals surface area (Å²) in [5, 5.41) is 8.74. The SMILES string of the molecule is CCn1ccnc1[C@H]1OCC[C@@H]1NS(=O)(=O)N(C)[C@H](C)CC#N. The molecule has 8 nitrogen and oxygen atoms in total. The number of nitrogens with one attached hydrogen (secondary N) is 1. The Bertz CT molecular complexity index is 666. The van der Waals surface area contributed by atoms with Crippen LogP contribution in [0, 0.1) is 11.3 Å². The number of aryl methyl sites for hydroxylation is 1. The van der Waals surface area contributed by atoms with Gasteiger partial charge in [-0.1, -0.05) is 0 Å². The lowest BCUT2D eigenvalue weighted by Gasteiger charge is -2.26. The molecule has 1 saturated heterocycles. The number of nitriles is 1. The average Bonchev–Trinajstić information content (AvgIpc) is 3.14. The minimum atomic E-state index is -3.69. The maximum Gasteiger partial charge on any atom is 0.279 e. The standard InChI is InChI=1S/C14H23N5O3S/c1-4-19-9-8-16-14(19)13-12(6-10-22-13)17-23(20,21)18(3)11(2)5-7-15/h8-9,11-13,17H,4-6,10H2,1-3H3/t11-,12+,13+/m1/s1. The fourth-order valence-electron chi connectivity index (χ4n) is 2.58. The molecule has 0 radical (unpaired) electrons. The van der Waals surface area contributed by atoms with Crippen LogP contribution in [0.3, 0.4) is 0 Å². The van der Waals surface area contributed by atoms with Crippen LogP contribution in [-0.4, -0.2) is 48.0 Å². The number of hydrogen-bond acceptors (Lipinski definition) is 5. The van der Waals surface area contributed by atoms with Gasteiger partial charge in [-0.25, -0.2) is 4.98 Å². The fraction of sp³-hybridized carbons (Fsp3) is 0.714. The molecule has 0 unspecified atom stereocenters. The molecule has 0 saturated carbocycles. The second-order valence-electron chi connectivity index (χ2n) is 5.61. The minimum Gasteiger partial charge on any atom is -0.369 e. The van der Waals surface area contributed by atoms with E-state index in [0.29, 0.717) is 13.0 Å². The molecule has 23 heavy (non-hydrogen) atoms. The zero-order valence-electron chi connectivity index (χ0n) is 13.6. The molecule has 0 amide bonds. The molecule has 1 aromatic heterocycles. The fourth-order valence-corrected chi connectivity index (χ4v) is 3.92. The summed E-state index contributed by atoms with van der Waals surface area (Å²) in [4.78, 5) is 4.31. The van der Waals surface area contributed by atoms with Crippen molar-refractivity contribution in [2.24, 2.45) is 0 Å². The van der Waals surface area contributed by atoms with Crippen molar-refractivity contribution < 1.29 is 13.2 Å². The third-order valence-electron chi connectivity index (χ3n) is 4.12. The first-order chi connectivity index (χ1) is 10.9. The summed E-state index contributed by atoms with van der Waals surface area (Å²) < 4.78 is 36.5. The van der Waals surface area contributed by atoms with Crippen molar-refractivity contribution in [3.05, 3.63) is 18.2 Å². The summed E-state index contributed by atoms with van der Waals surface area (Å²) in [5.41, 5.74) is 0. The Hall–Kier alpha value is -1.47. The summed E-state index contributed by atoms with van der Waals surface area (Å²) in [7, 11) is -2.22. The third-order valence-corrected chi connectivity index (χ3v) is 5.84. The molecule has 1 aromatic rings. The molecule has 1 aliphatic heterocycles. The smallest absolute Gasteiger partial charge is 0.279 e. The van der Waals surface area contributed by atoms with Gasteiger partial charge in [-0.3, -0.25) is 0 Å². The molecule has 1 fully saturated rings. The summed E-state index contributed by atoms with van der Waals surface area (Å²) in [5.74, 6) is 0.727. The van der Waals surface area contributed by atoms with Gasteiger partial charge in [0.2, 0.25) is 0 Å². The lowest BCUT2D eigenvalue weighted by molar-refractivity contribution is 0.0922. The Balaban J connectivity index is 2.13. The van der Waals surface area contributed by atoms with Gasteiger partial charge in [-0.15, -0.1) is 0 Å². The summed E-state index contributed by atoms with van der Waals surface area (Å²) >= 11 is 0. The summed E-state index contributed by atoms with van der Waals surface area (Å²) in [6.45, 7) is 4.92. The minimum absolute atomic E-state index is 0.141. The lowest BCUT2D eigenvalue weighted by Crippen LogP contribution is -2.47. The van der Waals surface area contributed by atoms with Gasteiger partial charge in [-0.05, 0) is 20.3 Å². The molecule has 0 aromatic carbocycles. The van der Waals surface area contributed by atoms with E-state index in [1.54, 1.807) is 13.1 Å².